The van der Waals surface area contributed by atoms with Crippen molar-refractivity contribution in [3.05, 3.63) is 65.7 Å². The van der Waals surface area contributed by atoms with Gasteiger partial charge in [-0.15, -0.1) is 0 Å². The van der Waals surface area contributed by atoms with Gasteiger partial charge in [-0.2, -0.15) is 0 Å². The van der Waals surface area contributed by atoms with Gasteiger partial charge in [0.1, 0.15) is 11.3 Å². The van der Waals surface area contributed by atoms with E-state index in [2.05, 4.69) is 43.0 Å². The van der Waals surface area contributed by atoms with Crippen molar-refractivity contribution in [1.82, 2.24) is 14.7 Å². The minimum Gasteiger partial charge on any atom is -0.497 e. The number of ether oxygens (including phenoxy) is 1. The van der Waals surface area contributed by atoms with Crippen LogP contribution in [-0.2, 0) is 17.8 Å². The molecule has 0 radical (unpaired) electrons. The van der Waals surface area contributed by atoms with Gasteiger partial charge in [-0.05, 0) is 48.4 Å². The number of likely N-dealkylation sites (tertiary alicyclic amines) is 1. The number of benzene rings is 2. The van der Waals surface area contributed by atoms with Crippen LogP contribution in [0.15, 0.2) is 54.6 Å². The molecule has 6 heteroatoms. The summed E-state index contributed by atoms with van der Waals surface area (Å²) in [6, 6.07) is 18.2. The Balaban J connectivity index is 1.48. The van der Waals surface area contributed by atoms with Crippen molar-refractivity contribution in [1.29, 1.82) is 0 Å². The first kappa shape index (κ1) is 23.3. The van der Waals surface area contributed by atoms with E-state index in [4.69, 9.17) is 4.74 Å². The van der Waals surface area contributed by atoms with E-state index in [1.54, 1.807) is 7.11 Å². The Morgan fingerprint density at radius 2 is 1.61 bits per heavy atom. The summed E-state index contributed by atoms with van der Waals surface area (Å²) < 4.78 is 5.26. The molecule has 0 aliphatic carbocycles. The van der Waals surface area contributed by atoms with Crippen molar-refractivity contribution in [2.24, 2.45) is 5.92 Å². The molecule has 2 aromatic carbocycles. The minimum absolute atomic E-state index is 0.00152. The van der Waals surface area contributed by atoms with Crippen LogP contribution >= 0.6 is 0 Å². The van der Waals surface area contributed by atoms with Crippen LogP contribution in [0.1, 0.15) is 37.8 Å². The summed E-state index contributed by atoms with van der Waals surface area (Å²) in [5.41, 5.74) is 1.70. The summed E-state index contributed by atoms with van der Waals surface area (Å²) in [4.78, 5) is 32.8. The molecule has 3 amide bonds. The largest absolute Gasteiger partial charge is 0.497 e. The standard InChI is InChI=1S/C27H35N3O3/c1-21(2)19-29-25(31)27(30(26(29)32)16-13-22-7-5-4-6-8-22)14-17-28(18-15-27)20-23-9-11-24(33-3)12-10-23/h4-12,21H,13-20H2,1-3H3. The molecular weight excluding hydrogens is 414 g/mol. The lowest BCUT2D eigenvalue weighted by molar-refractivity contribution is -0.136. The fraction of sp³-hybridized carbons (Fsp3) is 0.481. The molecule has 0 aromatic heterocycles. The van der Waals surface area contributed by atoms with Crippen molar-refractivity contribution < 1.29 is 14.3 Å². The Kier molecular flexibility index (Phi) is 7.03. The Labute approximate surface area is 197 Å². The average Bonchev–Trinajstić information content (AvgIpc) is 3.01. The molecule has 2 fully saturated rings. The molecule has 0 atom stereocenters. The van der Waals surface area contributed by atoms with Gasteiger partial charge in [-0.1, -0.05) is 56.3 Å². The molecule has 2 aliphatic heterocycles. The first-order valence-electron chi connectivity index (χ1n) is 12.0. The first-order valence-corrected chi connectivity index (χ1v) is 12.0. The van der Waals surface area contributed by atoms with E-state index in [0.29, 0.717) is 25.9 Å². The molecule has 1 spiro atoms. The smallest absolute Gasteiger partial charge is 0.327 e. The highest BCUT2D eigenvalue weighted by Gasteiger charge is 2.57. The highest BCUT2D eigenvalue weighted by Crippen LogP contribution is 2.38. The van der Waals surface area contributed by atoms with Gasteiger partial charge in [0, 0.05) is 32.7 Å². The summed E-state index contributed by atoms with van der Waals surface area (Å²) in [5.74, 6) is 1.10. The van der Waals surface area contributed by atoms with E-state index in [-0.39, 0.29) is 17.9 Å². The van der Waals surface area contributed by atoms with Crippen molar-refractivity contribution >= 4 is 11.9 Å². The number of hydrogen-bond acceptors (Lipinski definition) is 4. The van der Waals surface area contributed by atoms with Crippen LogP contribution in [0.25, 0.3) is 0 Å². The molecule has 2 aromatic rings. The second kappa shape index (κ2) is 9.96. The van der Waals surface area contributed by atoms with Gasteiger partial charge in [-0.25, -0.2) is 4.79 Å². The quantitative estimate of drug-likeness (QED) is 0.567. The van der Waals surface area contributed by atoms with Gasteiger partial charge < -0.3 is 9.64 Å². The second-order valence-corrected chi connectivity index (χ2v) is 9.64. The maximum Gasteiger partial charge on any atom is 0.327 e. The number of imide groups is 1. The monoisotopic (exact) mass is 449 g/mol. The highest BCUT2D eigenvalue weighted by atomic mass is 16.5. The van der Waals surface area contributed by atoms with E-state index in [1.165, 1.54) is 16.0 Å². The number of carbonyl (C=O) groups is 2. The van der Waals surface area contributed by atoms with Crippen LogP contribution in [0.4, 0.5) is 4.79 Å². The molecule has 0 bridgehead atoms. The predicted octanol–water partition coefficient (Wildman–Crippen LogP) is 4.19. The number of nitrogens with zero attached hydrogens (tertiary/aromatic N) is 3. The molecule has 0 saturated carbocycles. The zero-order valence-electron chi connectivity index (χ0n) is 20.0. The topological polar surface area (TPSA) is 53.1 Å². The number of carbonyl (C=O) groups excluding carboxylic acids is 2. The fourth-order valence-corrected chi connectivity index (χ4v) is 5.06. The third-order valence-corrected chi connectivity index (χ3v) is 6.88. The van der Waals surface area contributed by atoms with E-state index in [0.717, 1.165) is 31.8 Å². The van der Waals surface area contributed by atoms with Crippen molar-refractivity contribution in [3.8, 4) is 5.75 Å². The molecule has 176 valence electrons. The molecule has 2 saturated heterocycles. The van der Waals surface area contributed by atoms with Crippen molar-refractivity contribution in [3.63, 3.8) is 0 Å². The van der Waals surface area contributed by atoms with Crippen molar-refractivity contribution in [2.45, 2.75) is 45.2 Å². The van der Waals surface area contributed by atoms with Gasteiger partial charge in [0.2, 0.25) is 0 Å². The van der Waals surface area contributed by atoms with Gasteiger partial charge in [0.25, 0.3) is 5.91 Å². The molecule has 6 nitrogen and oxygen atoms in total. The van der Waals surface area contributed by atoms with Crippen LogP contribution in [0.2, 0.25) is 0 Å². The number of urea groups is 1. The van der Waals surface area contributed by atoms with Crippen molar-refractivity contribution in [2.75, 3.05) is 33.3 Å². The third kappa shape index (κ3) is 4.91. The molecule has 0 N–H and O–H groups in total. The second-order valence-electron chi connectivity index (χ2n) is 9.64. The van der Waals surface area contributed by atoms with E-state index >= 15 is 0 Å². The summed E-state index contributed by atoms with van der Waals surface area (Å²) in [6.45, 7) is 7.58. The normalized spacial score (nSPS) is 18.5. The molecule has 2 heterocycles. The SMILES string of the molecule is COc1ccc(CN2CCC3(CC2)C(=O)N(CC(C)C)C(=O)N3CCc2ccccc2)cc1. The van der Waals surface area contributed by atoms with Crippen LogP contribution in [0.3, 0.4) is 0 Å². The average molecular weight is 450 g/mol. The third-order valence-electron chi connectivity index (χ3n) is 6.88. The zero-order chi connectivity index (χ0) is 23.4. The summed E-state index contributed by atoms with van der Waals surface area (Å²) in [6.07, 6.45) is 2.11. The maximum atomic E-state index is 13.6. The van der Waals surface area contributed by atoms with E-state index in [1.807, 2.05) is 35.2 Å². The lowest BCUT2D eigenvalue weighted by atomic mass is 9.85. The number of piperidine rings is 1. The van der Waals surface area contributed by atoms with Crippen LogP contribution in [0, 0.1) is 5.92 Å². The number of amides is 3. The number of rotatable bonds is 8. The molecule has 33 heavy (non-hydrogen) atoms. The predicted molar refractivity (Wildman–Crippen MR) is 129 cm³/mol. The lowest BCUT2D eigenvalue weighted by Gasteiger charge is -2.42. The molecule has 0 unspecified atom stereocenters. The minimum atomic E-state index is -0.711. The molecule has 2 aliphatic rings. The van der Waals surface area contributed by atoms with E-state index < -0.39 is 5.54 Å². The zero-order valence-corrected chi connectivity index (χ0v) is 20.0. The van der Waals surface area contributed by atoms with Crippen LogP contribution in [-0.4, -0.2) is 65.5 Å². The Bertz CT molecular complexity index is 950. The lowest BCUT2D eigenvalue weighted by Crippen LogP contribution is -2.56. The number of hydrogen-bond donors (Lipinski definition) is 0. The number of methoxy groups -OCH3 is 1. The fourth-order valence-electron chi connectivity index (χ4n) is 5.06. The maximum absolute atomic E-state index is 13.6. The molecular formula is C27H35N3O3. The van der Waals surface area contributed by atoms with Gasteiger partial charge >= 0.3 is 6.03 Å². The Hall–Kier alpha value is -2.86. The highest BCUT2D eigenvalue weighted by molar-refractivity contribution is 6.07. The summed E-state index contributed by atoms with van der Waals surface area (Å²) >= 11 is 0. The van der Waals surface area contributed by atoms with E-state index in [9.17, 15) is 9.59 Å². The molecule has 4 rings (SSSR count). The first-order chi connectivity index (χ1) is 15.9. The van der Waals surface area contributed by atoms with Crippen LogP contribution < -0.4 is 4.74 Å². The summed E-state index contributed by atoms with van der Waals surface area (Å²) in [7, 11) is 1.67. The Morgan fingerprint density at radius 1 is 0.939 bits per heavy atom. The van der Waals surface area contributed by atoms with Crippen LogP contribution in [0.5, 0.6) is 5.75 Å². The van der Waals surface area contributed by atoms with Gasteiger partial charge in [0.05, 0.1) is 7.11 Å². The Morgan fingerprint density at radius 3 is 2.21 bits per heavy atom. The van der Waals surface area contributed by atoms with Gasteiger partial charge in [0.15, 0.2) is 0 Å². The summed E-state index contributed by atoms with van der Waals surface area (Å²) in [5, 5.41) is 0. The van der Waals surface area contributed by atoms with Gasteiger partial charge in [-0.3, -0.25) is 14.6 Å².